The first-order valence-electron chi connectivity index (χ1n) is 8.08. The van der Waals surface area contributed by atoms with Crippen molar-refractivity contribution in [2.45, 2.75) is 38.1 Å². The normalized spacial score (nSPS) is 22.0. The fourth-order valence-corrected chi connectivity index (χ4v) is 3.60. The average Bonchev–Trinajstić information content (AvgIpc) is 3.04. The van der Waals surface area contributed by atoms with Crippen LogP contribution in [0, 0.1) is 17.6 Å². The van der Waals surface area contributed by atoms with E-state index < -0.39 is 11.6 Å². The minimum Gasteiger partial charge on any atom is -0.342 e. The fraction of sp³-hybridized carbons (Fsp3) is 0.588. The van der Waals surface area contributed by atoms with Crippen molar-refractivity contribution in [3.63, 3.8) is 0 Å². The lowest BCUT2D eigenvalue weighted by molar-refractivity contribution is -0.132. The highest BCUT2D eigenvalue weighted by atomic mass is 35.5. The molecule has 2 fully saturated rings. The molecule has 1 aromatic carbocycles. The quantitative estimate of drug-likeness (QED) is 0.914. The summed E-state index contributed by atoms with van der Waals surface area (Å²) in [4.78, 5) is 14.1. The van der Waals surface area contributed by atoms with Gasteiger partial charge in [-0.25, -0.2) is 8.78 Å². The van der Waals surface area contributed by atoms with E-state index in [9.17, 15) is 13.6 Å². The second kappa shape index (κ2) is 8.06. The first-order valence-corrected chi connectivity index (χ1v) is 8.08. The standard InChI is InChI=1S/C17H22F2N2O.ClH/c18-14-4-3-13(15(19)11-14)10-17(22)21-8-5-12(6-9-21)16-2-1-7-20-16;/h3-4,11-12,16,20H,1-2,5-10H2;1H. The minimum absolute atomic E-state index is 0. The Kier molecular flexibility index (Phi) is 6.36. The van der Waals surface area contributed by atoms with Crippen molar-refractivity contribution in [3.05, 3.63) is 35.4 Å². The van der Waals surface area contributed by atoms with Gasteiger partial charge >= 0.3 is 0 Å². The molecule has 2 aliphatic rings. The van der Waals surface area contributed by atoms with Crippen molar-refractivity contribution in [2.24, 2.45) is 5.92 Å². The van der Waals surface area contributed by atoms with Gasteiger partial charge in [-0.2, -0.15) is 0 Å². The molecule has 2 heterocycles. The second-order valence-electron chi connectivity index (χ2n) is 6.33. The van der Waals surface area contributed by atoms with E-state index in [4.69, 9.17) is 0 Å². The maximum atomic E-state index is 13.6. The summed E-state index contributed by atoms with van der Waals surface area (Å²) < 4.78 is 26.5. The molecule has 3 rings (SSSR count). The number of hydrogen-bond acceptors (Lipinski definition) is 2. The lowest BCUT2D eigenvalue weighted by Gasteiger charge is -2.35. The molecule has 1 unspecified atom stereocenters. The Morgan fingerprint density at radius 3 is 2.57 bits per heavy atom. The minimum atomic E-state index is -0.640. The van der Waals surface area contributed by atoms with E-state index >= 15 is 0 Å². The molecule has 3 nitrogen and oxygen atoms in total. The Hall–Kier alpha value is -1.20. The highest BCUT2D eigenvalue weighted by molar-refractivity contribution is 5.85. The number of nitrogens with zero attached hydrogens (tertiary/aromatic N) is 1. The number of carbonyl (C=O) groups excluding carboxylic acids is 1. The Labute approximate surface area is 141 Å². The third kappa shape index (κ3) is 4.42. The number of piperidine rings is 1. The first kappa shape index (κ1) is 18.1. The van der Waals surface area contributed by atoms with Gasteiger partial charge in [0.25, 0.3) is 0 Å². The van der Waals surface area contributed by atoms with Crippen LogP contribution in [-0.2, 0) is 11.2 Å². The van der Waals surface area contributed by atoms with Crippen LogP contribution in [0.4, 0.5) is 8.78 Å². The Morgan fingerprint density at radius 2 is 1.96 bits per heavy atom. The van der Waals surface area contributed by atoms with Crippen molar-refractivity contribution < 1.29 is 13.6 Å². The fourth-order valence-electron chi connectivity index (χ4n) is 3.60. The number of amides is 1. The van der Waals surface area contributed by atoms with Crippen LogP contribution in [0.5, 0.6) is 0 Å². The lowest BCUT2D eigenvalue weighted by Crippen LogP contribution is -2.43. The van der Waals surface area contributed by atoms with Gasteiger partial charge in [0.1, 0.15) is 11.6 Å². The van der Waals surface area contributed by atoms with Crippen LogP contribution in [0.2, 0.25) is 0 Å². The largest absolute Gasteiger partial charge is 0.342 e. The van der Waals surface area contributed by atoms with Crippen LogP contribution >= 0.6 is 12.4 Å². The van der Waals surface area contributed by atoms with Crippen molar-refractivity contribution >= 4 is 18.3 Å². The van der Waals surface area contributed by atoms with Gasteiger partial charge in [0.15, 0.2) is 0 Å². The zero-order chi connectivity index (χ0) is 15.5. The van der Waals surface area contributed by atoms with Gasteiger partial charge in [-0.05, 0) is 49.8 Å². The summed E-state index contributed by atoms with van der Waals surface area (Å²) in [6, 6.07) is 3.99. The Bertz CT molecular complexity index is 541. The van der Waals surface area contributed by atoms with Gasteiger partial charge in [-0.1, -0.05) is 6.07 Å². The van der Waals surface area contributed by atoms with Crippen LogP contribution in [0.25, 0.3) is 0 Å². The van der Waals surface area contributed by atoms with Crippen molar-refractivity contribution in [1.82, 2.24) is 10.2 Å². The monoisotopic (exact) mass is 344 g/mol. The van der Waals surface area contributed by atoms with Crippen molar-refractivity contribution in [1.29, 1.82) is 0 Å². The Morgan fingerprint density at radius 1 is 1.22 bits per heavy atom. The van der Waals surface area contributed by atoms with Crippen LogP contribution in [0.3, 0.4) is 0 Å². The van der Waals surface area contributed by atoms with E-state index in [1.54, 1.807) is 0 Å². The molecule has 6 heteroatoms. The number of nitrogens with one attached hydrogen (secondary N) is 1. The highest BCUT2D eigenvalue weighted by Crippen LogP contribution is 2.26. The number of rotatable bonds is 3. The molecule has 1 amide bonds. The van der Waals surface area contributed by atoms with E-state index in [1.807, 2.05) is 4.90 Å². The van der Waals surface area contributed by atoms with E-state index in [1.165, 1.54) is 25.0 Å². The van der Waals surface area contributed by atoms with Gasteiger partial charge in [0.05, 0.1) is 6.42 Å². The molecule has 23 heavy (non-hydrogen) atoms. The molecule has 2 aliphatic heterocycles. The zero-order valence-electron chi connectivity index (χ0n) is 13.1. The smallest absolute Gasteiger partial charge is 0.227 e. The van der Waals surface area contributed by atoms with Crippen LogP contribution in [-0.4, -0.2) is 36.5 Å². The Balaban J connectivity index is 0.00000192. The summed E-state index contributed by atoms with van der Waals surface area (Å²) in [6.45, 7) is 2.59. The third-order valence-electron chi connectivity index (χ3n) is 4.92. The second-order valence-corrected chi connectivity index (χ2v) is 6.33. The van der Waals surface area contributed by atoms with E-state index in [-0.39, 0.29) is 30.3 Å². The molecule has 0 radical (unpaired) electrons. The summed E-state index contributed by atoms with van der Waals surface area (Å²) in [7, 11) is 0. The predicted octanol–water partition coefficient (Wildman–Crippen LogP) is 2.92. The number of likely N-dealkylation sites (tertiary alicyclic amines) is 1. The van der Waals surface area contributed by atoms with E-state index in [2.05, 4.69) is 5.32 Å². The highest BCUT2D eigenvalue weighted by Gasteiger charge is 2.29. The van der Waals surface area contributed by atoms with Crippen molar-refractivity contribution in [2.75, 3.05) is 19.6 Å². The van der Waals surface area contributed by atoms with Gasteiger partial charge in [0, 0.05) is 25.2 Å². The summed E-state index contributed by atoms with van der Waals surface area (Å²) >= 11 is 0. The molecule has 1 atom stereocenters. The van der Waals surface area contributed by atoms with E-state index in [0.717, 1.165) is 38.5 Å². The van der Waals surface area contributed by atoms with Crippen LogP contribution < -0.4 is 5.32 Å². The van der Waals surface area contributed by atoms with Gasteiger partial charge in [-0.3, -0.25) is 4.79 Å². The number of halogens is 3. The molecule has 0 aliphatic carbocycles. The molecule has 128 valence electrons. The molecular formula is C17H23ClF2N2O. The SMILES string of the molecule is Cl.O=C(Cc1ccc(F)cc1F)N1CCC(C2CCCN2)CC1. The number of hydrogen-bond donors (Lipinski definition) is 1. The number of carbonyl (C=O) groups is 1. The molecule has 0 saturated carbocycles. The maximum Gasteiger partial charge on any atom is 0.227 e. The maximum absolute atomic E-state index is 13.6. The molecule has 1 aromatic rings. The predicted molar refractivity (Wildman–Crippen MR) is 87.6 cm³/mol. The third-order valence-corrected chi connectivity index (χ3v) is 4.92. The summed E-state index contributed by atoms with van der Waals surface area (Å²) in [5.74, 6) is -0.672. The molecule has 0 spiro atoms. The summed E-state index contributed by atoms with van der Waals surface area (Å²) in [5, 5.41) is 3.53. The number of benzene rings is 1. The van der Waals surface area contributed by atoms with Crippen molar-refractivity contribution in [3.8, 4) is 0 Å². The molecule has 2 saturated heterocycles. The van der Waals surface area contributed by atoms with Gasteiger partial charge in [0.2, 0.25) is 5.91 Å². The molecule has 1 N–H and O–H groups in total. The molecule has 0 aromatic heterocycles. The molecular weight excluding hydrogens is 322 g/mol. The zero-order valence-corrected chi connectivity index (χ0v) is 13.9. The first-order chi connectivity index (χ1) is 10.6. The average molecular weight is 345 g/mol. The van der Waals surface area contributed by atoms with Crippen LogP contribution in [0.15, 0.2) is 18.2 Å². The molecule has 0 bridgehead atoms. The topological polar surface area (TPSA) is 32.3 Å². The summed E-state index contributed by atoms with van der Waals surface area (Å²) in [5.41, 5.74) is 0.269. The van der Waals surface area contributed by atoms with Crippen LogP contribution in [0.1, 0.15) is 31.2 Å². The van der Waals surface area contributed by atoms with E-state index in [0.29, 0.717) is 12.0 Å². The van der Waals surface area contributed by atoms with Gasteiger partial charge < -0.3 is 10.2 Å². The van der Waals surface area contributed by atoms with Gasteiger partial charge in [-0.15, -0.1) is 12.4 Å². The lowest BCUT2D eigenvalue weighted by atomic mass is 9.88. The summed E-state index contributed by atoms with van der Waals surface area (Å²) in [6.07, 6.45) is 4.51.